The Balaban J connectivity index is 1.75. The lowest BCUT2D eigenvalue weighted by atomic mass is 9.85. The molecular weight excluding hydrogens is 552 g/mol. The van der Waals surface area contributed by atoms with Crippen molar-refractivity contribution in [3.8, 4) is 0 Å². The van der Waals surface area contributed by atoms with Gasteiger partial charge in [-0.1, -0.05) is 6.07 Å². The lowest BCUT2D eigenvalue weighted by Crippen LogP contribution is -2.38. The monoisotopic (exact) mass is 583 g/mol. The molecule has 2 aromatic rings. The fourth-order valence-corrected chi connectivity index (χ4v) is 8.57. The maximum Gasteiger partial charge on any atom is 0.339 e. The lowest BCUT2D eigenvalue weighted by molar-refractivity contribution is -0.582. The minimum Gasteiger partial charge on any atom is -0.478 e. The van der Waals surface area contributed by atoms with Crippen LogP contribution in [0.5, 0.6) is 0 Å². The predicted molar refractivity (Wildman–Crippen MR) is 152 cm³/mol. The highest BCUT2D eigenvalue weighted by Gasteiger charge is 2.47. The standard InChI is InChI=1S/C31H30F3N2O4P/c1-17-27(32)25(26(30(37)38)29(34)28(17)33)24-20-9-7-18(35-11-5-12-35)15-22(20)41(39,40-31(2,3)4)23-16-19(8-10-21(23)24)36-13-6-14-36/h7-10,15-16H,5-6,11-14H2,1-4H3/p+1. The van der Waals surface area contributed by atoms with Gasteiger partial charge >= 0.3 is 5.97 Å². The number of hydrogen-bond acceptors (Lipinski definition) is 4. The van der Waals surface area contributed by atoms with Gasteiger partial charge in [-0.2, -0.15) is 0 Å². The first-order valence-electron chi connectivity index (χ1n) is 13.7. The van der Waals surface area contributed by atoms with Crippen LogP contribution >= 0.6 is 7.37 Å². The fourth-order valence-electron chi connectivity index (χ4n) is 5.73. The number of halogens is 3. The van der Waals surface area contributed by atoms with Crippen LogP contribution in [0.1, 0.15) is 60.7 Å². The molecule has 0 amide bonds. The van der Waals surface area contributed by atoms with Gasteiger partial charge in [0.25, 0.3) is 7.37 Å². The summed E-state index contributed by atoms with van der Waals surface area (Å²) >= 11 is 0. The quantitative estimate of drug-likeness (QED) is 0.265. The number of allylic oxidation sites excluding steroid dienone is 5. The van der Waals surface area contributed by atoms with Crippen molar-refractivity contribution in [2.75, 3.05) is 31.1 Å². The van der Waals surface area contributed by atoms with Crippen molar-refractivity contribution in [1.82, 2.24) is 0 Å². The third-order valence-electron chi connectivity index (χ3n) is 7.98. The van der Waals surface area contributed by atoms with Crippen molar-refractivity contribution in [1.29, 1.82) is 0 Å². The number of fused-ring (bicyclic) bond motifs is 2. The molecule has 4 aliphatic rings. The molecule has 2 saturated heterocycles. The van der Waals surface area contributed by atoms with Crippen LogP contribution in [0.4, 0.5) is 18.9 Å². The molecule has 2 fully saturated rings. The molecule has 6 nitrogen and oxygen atoms in total. The molecule has 0 saturated carbocycles. The van der Waals surface area contributed by atoms with Crippen LogP contribution in [0.25, 0.3) is 5.57 Å². The van der Waals surface area contributed by atoms with Crippen LogP contribution in [0.15, 0.2) is 47.3 Å². The van der Waals surface area contributed by atoms with Crippen LogP contribution in [-0.4, -0.2) is 53.1 Å². The minimum atomic E-state index is -3.88. The zero-order valence-corrected chi connectivity index (χ0v) is 24.2. The van der Waals surface area contributed by atoms with Crippen LogP contribution < -0.4 is 10.2 Å². The van der Waals surface area contributed by atoms with E-state index >= 15 is 13.3 Å². The van der Waals surface area contributed by atoms with Gasteiger partial charge in [0.05, 0.1) is 22.6 Å². The number of carboxylic acids is 1. The summed E-state index contributed by atoms with van der Waals surface area (Å²) in [5.41, 5.74) is -0.998. The SMILES string of the molecule is Cc1c(F)c(F)c(C(=O)O)c(C2=C3C=CC(=[N+]4CCC4)C=C3P(=O)(OC(C)(C)C)c3cc(N4CCC4)ccc32)c1F. The molecule has 3 aliphatic heterocycles. The van der Waals surface area contributed by atoms with Crippen molar-refractivity contribution in [2.24, 2.45) is 0 Å². The van der Waals surface area contributed by atoms with Gasteiger partial charge in [-0.3, -0.25) is 4.57 Å². The zero-order chi connectivity index (χ0) is 29.4. The van der Waals surface area contributed by atoms with Crippen molar-refractivity contribution < 1.29 is 36.7 Å². The molecule has 0 bridgehead atoms. The Kier molecular flexibility index (Phi) is 6.47. The van der Waals surface area contributed by atoms with Gasteiger partial charge in [0.2, 0.25) is 5.71 Å². The molecular formula is C31H31F3N2O4P+. The highest BCUT2D eigenvalue weighted by Crippen LogP contribution is 2.65. The highest BCUT2D eigenvalue weighted by atomic mass is 31.2. The molecule has 0 aromatic heterocycles. The van der Waals surface area contributed by atoms with Gasteiger partial charge in [0.15, 0.2) is 11.6 Å². The first-order chi connectivity index (χ1) is 19.3. The summed E-state index contributed by atoms with van der Waals surface area (Å²) in [7, 11) is -3.88. The Morgan fingerprint density at radius 1 is 1.05 bits per heavy atom. The van der Waals surface area contributed by atoms with E-state index in [1.54, 1.807) is 57.2 Å². The molecule has 10 heteroatoms. The molecule has 2 aromatic carbocycles. The number of rotatable bonds is 4. The second-order valence-electron chi connectivity index (χ2n) is 11.8. The molecule has 3 heterocycles. The van der Waals surface area contributed by atoms with E-state index in [-0.39, 0.29) is 27.3 Å². The van der Waals surface area contributed by atoms with Crippen molar-refractivity contribution >= 4 is 35.6 Å². The first kappa shape index (κ1) is 27.7. The Morgan fingerprint density at radius 2 is 1.76 bits per heavy atom. The third kappa shape index (κ3) is 4.32. The van der Waals surface area contributed by atoms with E-state index in [4.69, 9.17) is 4.52 Å². The van der Waals surface area contributed by atoms with Crippen molar-refractivity contribution in [3.05, 3.63) is 87.0 Å². The zero-order valence-electron chi connectivity index (χ0n) is 23.4. The van der Waals surface area contributed by atoms with Crippen LogP contribution in [-0.2, 0) is 9.09 Å². The molecule has 41 heavy (non-hydrogen) atoms. The van der Waals surface area contributed by atoms with E-state index in [1.807, 2.05) is 0 Å². The second-order valence-corrected chi connectivity index (χ2v) is 14.1. The van der Waals surface area contributed by atoms with E-state index in [1.165, 1.54) is 0 Å². The van der Waals surface area contributed by atoms with Crippen LogP contribution in [0.2, 0.25) is 0 Å². The van der Waals surface area contributed by atoms with E-state index < -0.39 is 53.1 Å². The number of benzene rings is 2. The maximum atomic E-state index is 16.0. The van der Waals surface area contributed by atoms with Gasteiger partial charge < -0.3 is 14.5 Å². The molecule has 214 valence electrons. The summed E-state index contributed by atoms with van der Waals surface area (Å²) in [4.78, 5) is 14.4. The second kappa shape index (κ2) is 9.57. The third-order valence-corrected chi connectivity index (χ3v) is 10.8. The van der Waals surface area contributed by atoms with Gasteiger partial charge in [-0.05, 0) is 63.5 Å². The Hall–Kier alpha value is -3.42. The molecule has 1 unspecified atom stereocenters. The summed E-state index contributed by atoms with van der Waals surface area (Å²) in [6.45, 7) is 9.72. The molecule has 6 rings (SSSR count). The average Bonchev–Trinajstić information content (AvgIpc) is 2.83. The molecule has 1 atom stereocenters. The summed E-state index contributed by atoms with van der Waals surface area (Å²) in [5, 5.41) is 10.6. The highest BCUT2D eigenvalue weighted by molar-refractivity contribution is 7.71. The van der Waals surface area contributed by atoms with E-state index in [0.717, 1.165) is 57.3 Å². The predicted octanol–water partition coefficient (Wildman–Crippen LogP) is 6.17. The Labute approximate surface area is 236 Å². The Morgan fingerprint density at radius 3 is 2.32 bits per heavy atom. The smallest absolute Gasteiger partial charge is 0.339 e. The molecule has 1 aliphatic carbocycles. The summed E-state index contributed by atoms with van der Waals surface area (Å²) in [6.07, 6.45) is 7.22. The summed E-state index contributed by atoms with van der Waals surface area (Å²) in [6, 6.07) is 5.21. The summed E-state index contributed by atoms with van der Waals surface area (Å²) in [5.74, 6) is -6.18. The molecule has 0 spiro atoms. The van der Waals surface area contributed by atoms with Crippen LogP contribution in [0.3, 0.4) is 0 Å². The minimum absolute atomic E-state index is 0.0428. The Bertz CT molecular complexity index is 1700. The van der Waals surface area contributed by atoms with Crippen molar-refractivity contribution in [3.63, 3.8) is 0 Å². The normalized spacial score (nSPS) is 21.7. The number of hydrogen-bond donors (Lipinski definition) is 1. The van der Waals surface area contributed by atoms with E-state index in [2.05, 4.69) is 9.48 Å². The first-order valence-corrected chi connectivity index (χ1v) is 15.3. The number of nitrogens with zero attached hydrogens (tertiary/aromatic N) is 2. The number of carbonyl (C=O) groups is 1. The van der Waals surface area contributed by atoms with Gasteiger partial charge in [0, 0.05) is 47.6 Å². The van der Waals surface area contributed by atoms with E-state index in [0.29, 0.717) is 0 Å². The number of anilines is 1. The fraction of sp³-hybridized carbons (Fsp3) is 0.355. The molecule has 0 radical (unpaired) electrons. The number of carboxylic acid groups (broad SMARTS) is 1. The van der Waals surface area contributed by atoms with Crippen molar-refractivity contribution in [2.45, 2.75) is 46.1 Å². The average molecular weight is 584 g/mol. The van der Waals surface area contributed by atoms with Gasteiger partial charge in [-0.25, -0.2) is 22.5 Å². The number of aromatic carboxylic acids is 1. The molecule has 1 N–H and O–H groups in total. The topological polar surface area (TPSA) is 69.8 Å². The summed E-state index contributed by atoms with van der Waals surface area (Å²) < 4.78 is 69.8. The van der Waals surface area contributed by atoms with Gasteiger partial charge in [0.1, 0.15) is 24.5 Å². The lowest BCUT2D eigenvalue weighted by Gasteiger charge is -2.38. The largest absolute Gasteiger partial charge is 0.478 e. The van der Waals surface area contributed by atoms with E-state index in [9.17, 15) is 14.3 Å². The van der Waals surface area contributed by atoms with Crippen LogP contribution in [0, 0.1) is 24.4 Å². The van der Waals surface area contributed by atoms with Gasteiger partial charge in [-0.15, -0.1) is 0 Å². The maximum absolute atomic E-state index is 16.0.